The largest absolute Gasteiger partial charge is 0.481 e. The summed E-state index contributed by atoms with van der Waals surface area (Å²) < 4.78 is 0. The average molecular weight is 167 g/mol. The van der Waals surface area contributed by atoms with Crippen LogP contribution in [-0.2, 0) is 9.59 Å². The predicted octanol–water partition coefficient (Wildman–Crippen LogP) is -0.544. The van der Waals surface area contributed by atoms with Crippen LogP contribution in [0.1, 0.15) is 6.42 Å². The first-order valence-electron chi connectivity index (χ1n) is 3.60. The standard InChI is InChI=1S/C8H9NO3/c1-2-3-9-7(10)5-4-6(5)8(11)12/h1,5-6H,3-4H2,(H,9,10)(H,11,12). The number of rotatable bonds is 3. The number of hydrogen-bond acceptors (Lipinski definition) is 2. The van der Waals surface area contributed by atoms with Crippen molar-refractivity contribution in [3.8, 4) is 12.3 Å². The van der Waals surface area contributed by atoms with E-state index in [1.807, 2.05) is 0 Å². The van der Waals surface area contributed by atoms with E-state index in [1.54, 1.807) is 0 Å². The van der Waals surface area contributed by atoms with Crippen molar-refractivity contribution < 1.29 is 14.7 Å². The summed E-state index contributed by atoms with van der Waals surface area (Å²) in [5, 5.41) is 10.9. The highest BCUT2D eigenvalue weighted by Crippen LogP contribution is 2.38. The molecule has 2 N–H and O–H groups in total. The Morgan fingerprint density at radius 1 is 1.58 bits per heavy atom. The minimum absolute atomic E-state index is 0.168. The lowest BCUT2D eigenvalue weighted by Gasteiger charge is -1.97. The summed E-state index contributed by atoms with van der Waals surface area (Å²) in [6, 6.07) is 0. The van der Waals surface area contributed by atoms with Gasteiger partial charge in [-0.2, -0.15) is 0 Å². The third kappa shape index (κ3) is 1.76. The van der Waals surface area contributed by atoms with Crippen molar-refractivity contribution >= 4 is 11.9 Å². The predicted molar refractivity (Wildman–Crippen MR) is 41.1 cm³/mol. The fraction of sp³-hybridized carbons (Fsp3) is 0.500. The Bertz CT molecular complexity index is 254. The van der Waals surface area contributed by atoms with Crippen molar-refractivity contribution in [1.82, 2.24) is 5.32 Å². The fourth-order valence-electron chi connectivity index (χ4n) is 1.03. The van der Waals surface area contributed by atoms with E-state index in [1.165, 1.54) is 0 Å². The third-order valence-corrected chi connectivity index (χ3v) is 1.81. The maximum atomic E-state index is 11.0. The molecule has 0 saturated heterocycles. The molecule has 0 aliphatic heterocycles. The van der Waals surface area contributed by atoms with Gasteiger partial charge in [0.25, 0.3) is 0 Å². The van der Waals surface area contributed by atoms with Gasteiger partial charge in [-0.25, -0.2) is 0 Å². The van der Waals surface area contributed by atoms with Crippen LogP contribution in [0.4, 0.5) is 0 Å². The van der Waals surface area contributed by atoms with Crippen molar-refractivity contribution in [2.75, 3.05) is 6.54 Å². The Hall–Kier alpha value is -1.50. The van der Waals surface area contributed by atoms with Crippen molar-refractivity contribution in [3.05, 3.63) is 0 Å². The minimum atomic E-state index is -0.907. The van der Waals surface area contributed by atoms with E-state index in [9.17, 15) is 9.59 Å². The van der Waals surface area contributed by atoms with E-state index >= 15 is 0 Å². The lowest BCUT2D eigenvalue weighted by Crippen LogP contribution is -2.26. The van der Waals surface area contributed by atoms with Crippen LogP contribution >= 0.6 is 0 Å². The maximum absolute atomic E-state index is 11.0. The number of aliphatic carboxylic acids is 1. The van der Waals surface area contributed by atoms with Gasteiger partial charge in [-0.05, 0) is 6.42 Å². The van der Waals surface area contributed by atoms with Crippen LogP contribution in [0.5, 0.6) is 0 Å². The van der Waals surface area contributed by atoms with Gasteiger partial charge in [0.05, 0.1) is 18.4 Å². The Morgan fingerprint density at radius 2 is 2.25 bits per heavy atom. The van der Waals surface area contributed by atoms with Gasteiger partial charge in [-0.1, -0.05) is 5.92 Å². The molecule has 1 saturated carbocycles. The van der Waals surface area contributed by atoms with Crippen molar-refractivity contribution in [3.63, 3.8) is 0 Å². The zero-order chi connectivity index (χ0) is 9.14. The molecule has 0 bridgehead atoms. The number of nitrogens with one attached hydrogen (secondary N) is 1. The van der Waals surface area contributed by atoms with E-state index < -0.39 is 11.9 Å². The summed E-state index contributed by atoms with van der Waals surface area (Å²) in [4.78, 5) is 21.3. The van der Waals surface area contributed by atoms with Gasteiger partial charge in [-0.3, -0.25) is 9.59 Å². The second-order valence-corrected chi connectivity index (χ2v) is 2.71. The molecule has 0 radical (unpaired) electrons. The van der Waals surface area contributed by atoms with Crippen LogP contribution in [0.2, 0.25) is 0 Å². The number of carboxylic acids is 1. The van der Waals surface area contributed by atoms with E-state index in [0.717, 1.165) is 0 Å². The van der Waals surface area contributed by atoms with Crippen LogP contribution in [0, 0.1) is 24.2 Å². The molecule has 0 aromatic rings. The normalized spacial score (nSPS) is 25.6. The first-order valence-corrected chi connectivity index (χ1v) is 3.60. The van der Waals surface area contributed by atoms with Gasteiger partial charge >= 0.3 is 5.97 Å². The zero-order valence-electron chi connectivity index (χ0n) is 6.41. The van der Waals surface area contributed by atoms with E-state index in [4.69, 9.17) is 11.5 Å². The second-order valence-electron chi connectivity index (χ2n) is 2.71. The molecule has 4 nitrogen and oxygen atoms in total. The number of carbonyl (C=O) groups is 2. The summed E-state index contributed by atoms with van der Waals surface area (Å²) in [5.74, 6) is 0.227. The molecule has 0 aromatic carbocycles. The van der Waals surface area contributed by atoms with Gasteiger partial charge in [0, 0.05) is 0 Å². The number of hydrogen-bond donors (Lipinski definition) is 2. The maximum Gasteiger partial charge on any atom is 0.307 e. The molecule has 1 amide bonds. The number of carboxylic acid groups (broad SMARTS) is 1. The first kappa shape index (κ1) is 8.60. The Kier molecular flexibility index (Phi) is 2.34. The minimum Gasteiger partial charge on any atom is -0.481 e. The van der Waals surface area contributed by atoms with Gasteiger partial charge in [-0.15, -0.1) is 6.42 Å². The van der Waals surface area contributed by atoms with Gasteiger partial charge in [0.15, 0.2) is 0 Å². The van der Waals surface area contributed by atoms with Gasteiger partial charge < -0.3 is 10.4 Å². The highest BCUT2D eigenvalue weighted by Gasteiger charge is 2.48. The Morgan fingerprint density at radius 3 is 2.67 bits per heavy atom. The van der Waals surface area contributed by atoms with Gasteiger partial charge in [0.1, 0.15) is 0 Å². The monoisotopic (exact) mass is 167 g/mol. The van der Waals surface area contributed by atoms with Crippen LogP contribution in [0.15, 0.2) is 0 Å². The Labute approximate surface area is 70.0 Å². The smallest absolute Gasteiger partial charge is 0.307 e. The topological polar surface area (TPSA) is 66.4 Å². The van der Waals surface area contributed by atoms with Crippen molar-refractivity contribution in [1.29, 1.82) is 0 Å². The van der Waals surface area contributed by atoms with Crippen LogP contribution in [0.3, 0.4) is 0 Å². The van der Waals surface area contributed by atoms with E-state index in [0.29, 0.717) is 6.42 Å². The number of amides is 1. The molecule has 0 heterocycles. The molecule has 1 rings (SSSR count). The Balaban J connectivity index is 2.29. The lowest BCUT2D eigenvalue weighted by molar-refractivity contribution is -0.140. The van der Waals surface area contributed by atoms with Gasteiger partial charge in [0.2, 0.25) is 5.91 Å². The molecule has 0 spiro atoms. The first-order chi connectivity index (χ1) is 5.66. The highest BCUT2D eigenvalue weighted by molar-refractivity contribution is 5.89. The average Bonchev–Trinajstić information content (AvgIpc) is 2.78. The summed E-state index contributed by atoms with van der Waals surface area (Å²) in [5.41, 5.74) is 0. The third-order valence-electron chi connectivity index (χ3n) is 1.81. The molecule has 1 aliphatic rings. The fourth-order valence-corrected chi connectivity index (χ4v) is 1.03. The molecule has 64 valence electrons. The summed E-state index contributed by atoms with van der Waals surface area (Å²) >= 11 is 0. The van der Waals surface area contributed by atoms with Crippen LogP contribution < -0.4 is 5.32 Å². The van der Waals surface area contributed by atoms with Crippen molar-refractivity contribution in [2.45, 2.75) is 6.42 Å². The second kappa shape index (κ2) is 3.26. The lowest BCUT2D eigenvalue weighted by atomic mass is 10.3. The molecule has 12 heavy (non-hydrogen) atoms. The molecule has 1 fully saturated rings. The molecule has 1 aliphatic carbocycles. The summed E-state index contributed by atoms with van der Waals surface area (Å²) in [6.07, 6.45) is 5.35. The van der Waals surface area contributed by atoms with E-state index in [2.05, 4.69) is 11.2 Å². The molecule has 0 aromatic heterocycles. The molecular formula is C8H9NO3. The van der Waals surface area contributed by atoms with Crippen LogP contribution in [0.25, 0.3) is 0 Å². The molecule has 4 heteroatoms. The molecular weight excluding hydrogens is 158 g/mol. The number of terminal acetylenes is 1. The summed E-state index contributed by atoms with van der Waals surface area (Å²) in [6.45, 7) is 0.168. The van der Waals surface area contributed by atoms with E-state index in [-0.39, 0.29) is 18.4 Å². The summed E-state index contributed by atoms with van der Waals surface area (Å²) in [7, 11) is 0. The highest BCUT2D eigenvalue weighted by atomic mass is 16.4. The quantitative estimate of drug-likeness (QED) is 0.554. The zero-order valence-corrected chi connectivity index (χ0v) is 6.41. The SMILES string of the molecule is C#CCNC(=O)C1CC1C(=O)O. The van der Waals surface area contributed by atoms with Crippen molar-refractivity contribution in [2.24, 2.45) is 11.8 Å². The molecule has 2 atom stereocenters. The molecule has 2 unspecified atom stereocenters. The number of carbonyl (C=O) groups excluding carboxylic acids is 1. The van der Waals surface area contributed by atoms with Crippen LogP contribution in [-0.4, -0.2) is 23.5 Å².